The Balaban J connectivity index is 2.16. The molecule has 2 unspecified atom stereocenters. The Bertz CT molecular complexity index is 471. The van der Waals surface area contributed by atoms with Gasteiger partial charge in [-0.2, -0.15) is 0 Å². The molecule has 2 aliphatic rings. The van der Waals surface area contributed by atoms with Gasteiger partial charge in [0.25, 0.3) is 0 Å². The third-order valence-electron chi connectivity index (χ3n) is 2.87. The molecule has 1 aromatic rings. The van der Waals surface area contributed by atoms with E-state index in [-0.39, 0.29) is 18.0 Å². The maximum Gasteiger partial charge on any atom is 0.339 e. The molecule has 74 valence electrons. The monoisotopic (exact) mass is 198 g/mol. The van der Waals surface area contributed by atoms with E-state index in [0.29, 0.717) is 5.56 Å². The van der Waals surface area contributed by atoms with Crippen LogP contribution in [0.25, 0.3) is 0 Å². The van der Waals surface area contributed by atoms with Gasteiger partial charge in [0.1, 0.15) is 6.10 Å². The van der Waals surface area contributed by atoms with E-state index < -0.39 is 0 Å². The number of hydrogen-bond donors (Lipinski definition) is 0. The summed E-state index contributed by atoms with van der Waals surface area (Å²) in [5.41, 5.74) is 1.76. The number of allylic oxidation sites excluding steroid dienone is 2. The van der Waals surface area contributed by atoms with Crippen LogP contribution in [0.3, 0.4) is 0 Å². The fourth-order valence-corrected chi connectivity index (χ4v) is 2.14. The third kappa shape index (κ3) is 1.22. The second kappa shape index (κ2) is 3.09. The minimum Gasteiger partial charge on any atom is -0.454 e. The van der Waals surface area contributed by atoms with Crippen LogP contribution in [0.5, 0.6) is 0 Å². The van der Waals surface area contributed by atoms with E-state index in [9.17, 15) is 4.79 Å². The minimum atomic E-state index is -0.216. The molecule has 2 nitrogen and oxygen atoms in total. The highest BCUT2D eigenvalue weighted by atomic mass is 16.5. The summed E-state index contributed by atoms with van der Waals surface area (Å²) in [5, 5.41) is 0. The van der Waals surface area contributed by atoms with Crippen LogP contribution < -0.4 is 0 Å². The number of ether oxygens (including phenoxy) is 1. The molecule has 0 saturated heterocycles. The first-order chi connectivity index (χ1) is 7.36. The summed E-state index contributed by atoms with van der Waals surface area (Å²) in [6.45, 7) is 0. The number of hydrogen-bond acceptors (Lipinski definition) is 2. The summed E-state index contributed by atoms with van der Waals surface area (Å²) in [6, 6.07) is 7.64. The molecule has 1 heterocycles. The van der Waals surface area contributed by atoms with Crippen molar-refractivity contribution in [3.63, 3.8) is 0 Å². The van der Waals surface area contributed by atoms with E-state index in [4.69, 9.17) is 4.74 Å². The van der Waals surface area contributed by atoms with Gasteiger partial charge in [-0.15, -0.1) is 0 Å². The van der Waals surface area contributed by atoms with E-state index in [2.05, 4.69) is 6.08 Å². The lowest BCUT2D eigenvalue weighted by Crippen LogP contribution is -2.30. The van der Waals surface area contributed by atoms with Crippen molar-refractivity contribution < 1.29 is 9.53 Å². The summed E-state index contributed by atoms with van der Waals surface area (Å²) in [6.07, 6.45) is 7.80. The molecule has 0 spiro atoms. The zero-order valence-electron chi connectivity index (χ0n) is 8.09. The van der Waals surface area contributed by atoms with Crippen LogP contribution in [0.1, 0.15) is 21.8 Å². The van der Waals surface area contributed by atoms with Crippen LogP contribution in [-0.2, 0) is 4.74 Å². The van der Waals surface area contributed by atoms with E-state index in [0.717, 1.165) is 5.56 Å². The van der Waals surface area contributed by atoms with Crippen molar-refractivity contribution in [2.75, 3.05) is 0 Å². The zero-order valence-corrected chi connectivity index (χ0v) is 8.09. The smallest absolute Gasteiger partial charge is 0.339 e. The molecule has 0 radical (unpaired) electrons. The number of carbonyl (C=O) groups excluding carboxylic acids is 1. The van der Waals surface area contributed by atoms with Crippen molar-refractivity contribution in [3.05, 3.63) is 59.7 Å². The Labute approximate surface area is 87.9 Å². The number of esters is 1. The van der Waals surface area contributed by atoms with Crippen molar-refractivity contribution in [2.24, 2.45) is 0 Å². The Hall–Kier alpha value is -1.83. The second-order valence-corrected chi connectivity index (χ2v) is 3.75. The molecule has 2 atom stereocenters. The van der Waals surface area contributed by atoms with Crippen molar-refractivity contribution in [2.45, 2.75) is 12.0 Å². The van der Waals surface area contributed by atoms with Crippen LogP contribution >= 0.6 is 0 Å². The van der Waals surface area contributed by atoms with Gasteiger partial charge in [0.2, 0.25) is 0 Å². The molecular weight excluding hydrogens is 188 g/mol. The zero-order chi connectivity index (χ0) is 10.3. The predicted octanol–water partition coefficient (Wildman–Crippen LogP) is 2.44. The molecule has 2 heteroatoms. The highest BCUT2D eigenvalue weighted by molar-refractivity contribution is 5.93. The molecule has 15 heavy (non-hydrogen) atoms. The number of carbonyl (C=O) groups is 1. The van der Waals surface area contributed by atoms with Crippen LogP contribution in [0.15, 0.2) is 48.6 Å². The highest BCUT2D eigenvalue weighted by Gasteiger charge is 2.32. The van der Waals surface area contributed by atoms with E-state index in [1.807, 2.05) is 42.5 Å². The summed E-state index contributed by atoms with van der Waals surface area (Å²) >= 11 is 0. The normalized spacial score (nSPS) is 26.8. The molecule has 0 fully saturated rings. The van der Waals surface area contributed by atoms with E-state index >= 15 is 0 Å². The Morgan fingerprint density at radius 3 is 2.80 bits per heavy atom. The molecule has 1 aliphatic carbocycles. The Morgan fingerprint density at radius 1 is 1.07 bits per heavy atom. The standard InChI is InChI=1S/C13H10O2/c14-13-11-7-2-1-5-9(11)10-6-3-4-8-12(10)15-13/h1-8,10,12H. The van der Waals surface area contributed by atoms with Crippen molar-refractivity contribution in [1.82, 2.24) is 0 Å². The number of benzene rings is 1. The van der Waals surface area contributed by atoms with Crippen LogP contribution in [0.2, 0.25) is 0 Å². The summed E-state index contributed by atoms with van der Waals surface area (Å²) < 4.78 is 5.34. The Morgan fingerprint density at radius 2 is 1.87 bits per heavy atom. The first-order valence-electron chi connectivity index (χ1n) is 5.01. The van der Waals surface area contributed by atoms with E-state index in [1.54, 1.807) is 0 Å². The quantitative estimate of drug-likeness (QED) is 0.598. The fraction of sp³-hybridized carbons (Fsp3) is 0.154. The van der Waals surface area contributed by atoms with Crippen molar-refractivity contribution >= 4 is 5.97 Å². The molecule has 0 N–H and O–H groups in total. The third-order valence-corrected chi connectivity index (χ3v) is 2.87. The van der Waals surface area contributed by atoms with E-state index in [1.165, 1.54) is 0 Å². The SMILES string of the molecule is O=C1OC2C=CC=CC2c2ccccc21. The van der Waals surface area contributed by atoms with Crippen molar-refractivity contribution in [1.29, 1.82) is 0 Å². The summed E-state index contributed by atoms with van der Waals surface area (Å²) in [7, 11) is 0. The average molecular weight is 198 g/mol. The number of rotatable bonds is 0. The maximum absolute atomic E-state index is 11.7. The largest absolute Gasteiger partial charge is 0.454 e. The summed E-state index contributed by atoms with van der Waals surface area (Å²) in [4.78, 5) is 11.7. The molecule has 0 saturated carbocycles. The molecule has 3 rings (SSSR count). The molecule has 0 amide bonds. The molecule has 1 aromatic carbocycles. The van der Waals surface area contributed by atoms with Crippen LogP contribution in [0.4, 0.5) is 0 Å². The van der Waals surface area contributed by atoms with Crippen LogP contribution in [0, 0.1) is 0 Å². The lowest BCUT2D eigenvalue weighted by atomic mass is 9.85. The maximum atomic E-state index is 11.7. The van der Waals surface area contributed by atoms with Gasteiger partial charge in [0.05, 0.1) is 5.56 Å². The molecule has 0 aromatic heterocycles. The van der Waals surface area contributed by atoms with Gasteiger partial charge < -0.3 is 4.74 Å². The average Bonchev–Trinajstić information content (AvgIpc) is 2.30. The minimum absolute atomic E-state index is 0.127. The van der Waals surface area contributed by atoms with Gasteiger partial charge >= 0.3 is 5.97 Å². The van der Waals surface area contributed by atoms with Gasteiger partial charge in [-0.25, -0.2) is 4.79 Å². The topological polar surface area (TPSA) is 26.3 Å². The first kappa shape index (κ1) is 8.48. The number of fused-ring (bicyclic) bond motifs is 3. The second-order valence-electron chi connectivity index (χ2n) is 3.75. The first-order valence-corrected chi connectivity index (χ1v) is 5.01. The lowest BCUT2D eigenvalue weighted by molar-refractivity contribution is 0.0324. The van der Waals surface area contributed by atoms with Crippen molar-refractivity contribution in [3.8, 4) is 0 Å². The van der Waals surface area contributed by atoms with Gasteiger partial charge in [0, 0.05) is 5.92 Å². The highest BCUT2D eigenvalue weighted by Crippen LogP contribution is 2.34. The van der Waals surface area contributed by atoms with Gasteiger partial charge in [-0.05, 0) is 17.7 Å². The van der Waals surface area contributed by atoms with Gasteiger partial charge in [0.15, 0.2) is 0 Å². The fourth-order valence-electron chi connectivity index (χ4n) is 2.14. The Kier molecular flexibility index (Phi) is 1.75. The summed E-state index contributed by atoms with van der Waals surface area (Å²) in [5.74, 6) is -0.0318. The van der Waals surface area contributed by atoms with Gasteiger partial charge in [-0.3, -0.25) is 0 Å². The molecular formula is C13H10O2. The molecule has 0 bridgehead atoms. The van der Waals surface area contributed by atoms with Gasteiger partial charge in [-0.1, -0.05) is 36.4 Å². The predicted molar refractivity (Wildman–Crippen MR) is 56.7 cm³/mol. The van der Waals surface area contributed by atoms with Crippen LogP contribution in [-0.4, -0.2) is 12.1 Å². The lowest BCUT2D eigenvalue weighted by Gasteiger charge is -2.30. The molecule has 1 aliphatic heterocycles.